The summed E-state index contributed by atoms with van der Waals surface area (Å²) in [6.07, 6.45) is 0.467. The predicted molar refractivity (Wildman–Crippen MR) is 81.7 cm³/mol. The Kier molecular flexibility index (Phi) is 6.84. The molecule has 6 nitrogen and oxygen atoms in total. The first-order valence-electron chi connectivity index (χ1n) is 6.80. The number of anilines is 1. The van der Waals surface area contributed by atoms with E-state index >= 15 is 0 Å². The molecule has 6 heteroatoms. The minimum absolute atomic E-state index is 0.00831. The van der Waals surface area contributed by atoms with Gasteiger partial charge in [0.1, 0.15) is 0 Å². The number of nitrogens with zero attached hydrogens (tertiary/aromatic N) is 1. The van der Waals surface area contributed by atoms with Crippen molar-refractivity contribution in [1.29, 1.82) is 0 Å². The number of ether oxygens (including phenoxy) is 1. The molecule has 0 heterocycles. The third-order valence-corrected chi connectivity index (χ3v) is 3.12. The van der Waals surface area contributed by atoms with Crippen molar-refractivity contribution in [3.63, 3.8) is 0 Å². The lowest BCUT2D eigenvalue weighted by atomic mass is 10.1. The third kappa shape index (κ3) is 5.93. The van der Waals surface area contributed by atoms with Crippen LogP contribution in [0, 0.1) is 0 Å². The lowest BCUT2D eigenvalue weighted by Crippen LogP contribution is -2.36. The van der Waals surface area contributed by atoms with E-state index in [1.165, 1.54) is 6.92 Å². The maximum Gasteiger partial charge on any atom is 0.241 e. The Morgan fingerprint density at radius 3 is 2.76 bits per heavy atom. The number of carbonyl (C=O) groups is 2. The first-order valence-corrected chi connectivity index (χ1v) is 6.80. The summed E-state index contributed by atoms with van der Waals surface area (Å²) in [6, 6.07) is 6.76. The second-order valence-corrected chi connectivity index (χ2v) is 4.95. The van der Waals surface area contributed by atoms with Gasteiger partial charge in [-0.3, -0.25) is 9.59 Å². The zero-order valence-electron chi connectivity index (χ0n) is 12.8. The summed E-state index contributed by atoms with van der Waals surface area (Å²) in [5, 5.41) is 2.77. The quantitative estimate of drug-likeness (QED) is 0.784. The number of benzene rings is 1. The molecule has 1 unspecified atom stereocenters. The van der Waals surface area contributed by atoms with Gasteiger partial charge in [-0.1, -0.05) is 12.1 Å². The second kappa shape index (κ2) is 8.39. The lowest BCUT2D eigenvalue weighted by Gasteiger charge is -2.16. The number of hydrogen-bond donors (Lipinski definition) is 2. The SMILES string of the molecule is COCCC(N)C(=O)Nc1cccc(CN(C)C(C)=O)c1. The van der Waals surface area contributed by atoms with Gasteiger partial charge in [0.25, 0.3) is 0 Å². The van der Waals surface area contributed by atoms with Crippen LogP contribution in [0.4, 0.5) is 5.69 Å². The van der Waals surface area contributed by atoms with Gasteiger partial charge in [-0.25, -0.2) is 0 Å². The van der Waals surface area contributed by atoms with Gasteiger partial charge >= 0.3 is 0 Å². The molecule has 0 aromatic heterocycles. The zero-order chi connectivity index (χ0) is 15.8. The van der Waals surface area contributed by atoms with Crippen LogP contribution in [0.5, 0.6) is 0 Å². The van der Waals surface area contributed by atoms with Crippen molar-refractivity contribution in [1.82, 2.24) is 4.90 Å². The van der Waals surface area contributed by atoms with Gasteiger partial charge in [-0.05, 0) is 24.1 Å². The van der Waals surface area contributed by atoms with Gasteiger partial charge in [-0.2, -0.15) is 0 Å². The lowest BCUT2D eigenvalue weighted by molar-refractivity contribution is -0.128. The largest absolute Gasteiger partial charge is 0.385 e. The average Bonchev–Trinajstić information content (AvgIpc) is 2.44. The minimum Gasteiger partial charge on any atom is -0.385 e. The summed E-state index contributed by atoms with van der Waals surface area (Å²) >= 11 is 0. The van der Waals surface area contributed by atoms with E-state index < -0.39 is 6.04 Å². The molecule has 116 valence electrons. The van der Waals surface area contributed by atoms with Gasteiger partial charge in [0, 0.05) is 39.9 Å². The normalized spacial score (nSPS) is 11.8. The first kappa shape index (κ1) is 17.1. The summed E-state index contributed by atoms with van der Waals surface area (Å²) in [6.45, 7) is 2.45. The molecule has 0 fully saturated rings. The number of amides is 2. The highest BCUT2D eigenvalue weighted by Gasteiger charge is 2.13. The molecule has 0 radical (unpaired) electrons. The maximum absolute atomic E-state index is 11.9. The minimum atomic E-state index is -0.603. The van der Waals surface area contributed by atoms with Crippen LogP contribution in [-0.4, -0.2) is 43.5 Å². The Bertz CT molecular complexity index is 491. The van der Waals surface area contributed by atoms with Crippen molar-refractivity contribution in [3.8, 4) is 0 Å². The van der Waals surface area contributed by atoms with E-state index in [0.717, 1.165) is 5.56 Å². The molecular formula is C15H23N3O3. The van der Waals surface area contributed by atoms with Gasteiger partial charge in [0.2, 0.25) is 11.8 Å². The molecule has 1 aromatic carbocycles. The predicted octanol–water partition coefficient (Wildman–Crippen LogP) is 0.967. The van der Waals surface area contributed by atoms with Gasteiger partial charge < -0.3 is 20.7 Å². The molecule has 0 aliphatic carbocycles. The topological polar surface area (TPSA) is 84.7 Å². The van der Waals surface area contributed by atoms with Gasteiger partial charge in [0.15, 0.2) is 0 Å². The van der Waals surface area contributed by atoms with E-state index in [1.54, 1.807) is 25.1 Å². The molecule has 21 heavy (non-hydrogen) atoms. The summed E-state index contributed by atoms with van der Waals surface area (Å²) in [5.41, 5.74) is 7.37. The van der Waals surface area contributed by atoms with Crippen molar-refractivity contribution in [3.05, 3.63) is 29.8 Å². The molecule has 1 atom stereocenters. The molecule has 0 bridgehead atoms. The Morgan fingerprint density at radius 1 is 1.43 bits per heavy atom. The van der Waals surface area contributed by atoms with Crippen molar-refractivity contribution < 1.29 is 14.3 Å². The molecule has 0 aliphatic heterocycles. The van der Waals surface area contributed by atoms with Gasteiger partial charge in [-0.15, -0.1) is 0 Å². The number of hydrogen-bond acceptors (Lipinski definition) is 4. The average molecular weight is 293 g/mol. The van der Waals surface area contributed by atoms with E-state index in [-0.39, 0.29) is 11.8 Å². The highest BCUT2D eigenvalue weighted by atomic mass is 16.5. The molecule has 1 aromatic rings. The van der Waals surface area contributed by atoms with Crippen molar-refractivity contribution >= 4 is 17.5 Å². The van der Waals surface area contributed by atoms with Crippen LogP contribution < -0.4 is 11.1 Å². The van der Waals surface area contributed by atoms with E-state index in [2.05, 4.69) is 5.32 Å². The van der Waals surface area contributed by atoms with Crippen LogP contribution in [0.25, 0.3) is 0 Å². The van der Waals surface area contributed by atoms with Crippen LogP contribution in [0.3, 0.4) is 0 Å². The number of nitrogens with two attached hydrogens (primary N) is 1. The fourth-order valence-corrected chi connectivity index (χ4v) is 1.74. The third-order valence-electron chi connectivity index (χ3n) is 3.12. The summed E-state index contributed by atoms with van der Waals surface area (Å²) in [4.78, 5) is 24.7. The molecular weight excluding hydrogens is 270 g/mol. The van der Waals surface area contributed by atoms with Gasteiger partial charge in [0.05, 0.1) is 6.04 Å². The molecule has 1 rings (SSSR count). The standard InChI is InChI=1S/C15H23N3O3/c1-11(19)18(2)10-12-5-4-6-13(9-12)17-15(20)14(16)7-8-21-3/h4-6,9,14H,7-8,10,16H2,1-3H3,(H,17,20). The van der Waals surface area contributed by atoms with Crippen molar-refractivity contribution in [2.24, 2.45) is 5.73 Å². The molecule has 0 saturated heterocycles. The molecule has 2 amide bonds. The summed E-state index contributed by atoms with van der Waals surface area (Å²) in [7, 11) is 3.30. The van der Waals surface area contributed by atoms with Crippen LogP contribution in [0.1, 0.15) is 18.9 Å². The molecule has 0 spiro atoms. The van der Waals surface area contributed by atoms with E-state index in [9.17, 15) is 9.59 Å². The Morgan fingerprint density at radius 2 is 2.14 bits per heavy atom. The Balaban J connectivity index is 2.63. The summed E-state index contributed by atoms with van der Waals surface area (Å²) < 4.78 is 4.90. The Labute approximate surface area is 125 Å². The van der Waals surface area contributed by atoms with Crippen LogP contribution in [0.2, 0.25) is 0 Å². The second-order valence-electron chi connectivity index (χ2n) is 4.95. The number of rotatable bonds is 7. The highest BCUT2D eigenvalue weighted by molar-refractivity contribution is 5.94. The van der Waals surface area contributed by atoms with E-state index in [4.69, 9.17) is 10.5 Å². The fraction of sp³-hybridized carbons (Fsp3) is 0.467. The van der Waals surface area contributed by atoms with E-state index in [0.29, 0.717) is 25.3 Å². The fourth-order valence-electron chi connectivity index (χ4n) is 1.74. The number of carbonyl (C=O) groups excluding carboxylic acids is 2. The number of methoxy groups -OCH3 is 1. The van der Waals surface area contributed by atoms with Crippen molar-refractivity contribution in [2.45, 2.75) is 25.9 Å². The first-order chi connectivity index (χ1) is 9.93. The number of nitrogens with one attached hydrogen (secondary N) is 1. The van der Waals surface area contributed by atoms with Crippen LogP contribution in [-0.2, 0) is 20.9 Å². The highest BCUT2D eigenvalue weighted by Crippen LogP contribution is 2.13. The van der Waals surface area contributed by atoms with Crippen LogP contribution >= 0.6 is 0 Å². The smallest absolute Gasteiger partial charge is 0.241 e. The van der Waals surface area contributed by atoms with Crippen LogP contribution in [0.15, 0.2) is 24.3 Å². The van der Waals surface area contributed by atoms with Crippen molar-refractivity contribution in [2.75, 3.05) is 26.1 Å². The molecule has 0 saturated carbocycles. The molecule has 0 aliphatic rings. The molecule has 3 N–H and O–H groups in total. The Hall–Kier alpha value is -1.92. The van der Waals surface area contributed by atoms with E-state index in [1.807, 2.05) is 18.2 Å². The monoisotopic (exact) mass is 293 g/mol. The maximum atomic E-state index is 11.9. The summed E-state index contributed by atoms with van der Waals surface area (Å²) in [5.74, 6) is -0.254. The zero-order valence-corrected chi connectivity index (χ0v) is 12.8.